The molecule has 4 aliphatic carbocycles. The van der Waals surface area contributed by atoms with Crippen molar-refractivity contribution < 1.29 is 64.6 Å². The zero-order valence-corrected chi connectivity index (χ0v) is 72.4. The van der Waals surface area contributed by atoms with Crippen molar-refractivity contribution in [3.05, 3.63) is 290 Å². The van der Waals surface area contributed by atoms with Gasteiger partial charge in [-0.3, -0.25) is 18.7 Å². The van der Waals surface area contributed by atoms with E-state index in [1.54, 1.807) is 58.7 Å². The third kappa shape index (κ3) is 35.2. The normalized spacial score (nSPS) is 17.1. The maximum atomic E-state index is 11.1. The quantitative estimate of drug-likeness (QED) is 0.0160. The average Bonchev–Trinajstić information content (AvgIpc) is 1.71. The molecule has 0 spiro atoms. The van der Waals surface area contributed by atoms with Crippen LogP contribution in [-0.2, 0) is 72.4 Å². The molecule has 13 aromatic rings. The number of carbonyl (C=O) groups excluding carboxylic acids is 4. The van der Waals surface area contributed by atoms with Gasteiger partial charge in [-0.05, 0) is 222 Å². The van der Waals surface area contributed by atoms with Crippen LogP contribution in [0, 0.1) is 23.7 Å². The number of nitrogens with zero attached hydrogens (tertiary/aromatic N) is 7. The van der Waals surface area contributed by atoms with Crippen molar-refractivity contribution in [2.24, 2.45) is 35.1 Å². The van der Waals surface area contributed by atoms with Crippen molar-refractivity contribution in [1.29, 1.82) is 0 Å². The van der Waals surface area contributed by atoms with E-state index in [9.17, 15) is 19.2 Å². The number of hydrogen-bond donors (Lipinski definition) is 9. The number of para-hydroxylation sites is 8. The summed E-state index contributed by atoms with van der Waals surface area (Å²) in [4.78, 5) is 79.1. The predicted octanol–water partition coefficient (Wildman–Crippen LogP) is 14.5. The number of anilines is 3. The minimum absolute atomic E-state index is 0. The number of H-pyrrole nitrogens is 3. The summed E-state index contributed by atoms with van der Waals surface area (Å²) in [5.74, 6) is 4.78. The monoisotopic (exact) mass is 1650 g/mol. The van der Waals surface area contributed by atoms with Gasteiger partial charge in [-0.1, -0.05) is 170 Å². The number of nitrogen functional groups attached to an aromatic ring is 2. The molecule has 17 rings (SSSR count). The fraction of sp³-hybridized carbons (Fsp3) is 0.340. The topological polar surface area (TPSA) is 346 Å². The Morgan fingerprint density at radius 2 is 0.808 bits per heavy atom. The van der Waals surface area contributed by atoms with Gasteiger partial charge in [0.05, 0.1) is 57.6 Å². The van der Waals surface area contributed by atoms with E-state index >= 15 is 0 Å². The van der Waals surface area contributed by atoms with Crippen LogP contribution in [0.25, 0.3) is 33.1 Å². The van der Waals surface area contributed by atoms with Crippen LogP contribution < -0.4 is 63.1 Å². The molecule has 3 radical (unpaired) electrons. The number of aromatic nitrogens is 10. The number of nitrogens with one attached hydrogen (secondary N) is 5. The molecule has 4 fully saturated rings. The second-order valence-electron chi connectivity index (χ2n) is 30.3. The van der Waals surface area contributed by atoms with Crippen molar-refractivity contribution in [1.82, 2.24) is 54.3 Å². The summed E-state index contributed by atoms with van der Waals surface area (Å²) in [6.07, 6.45) is 34.2. The Hall–Kier alpha value is -10.9. The molecule has 23 nitrogen and oxygen atoms in total. The number of ketones is 1. The molecule has 26 heteroatoms. The van der Waals surface area contributed by atoms with E-state index in [1.165, 1.54) is 125 Å². The van der Waals surface area contributed by atoms with Crippen LogP contribution in [0.5, 0.6) is 0 Å². The SMILES string of the molecule is CC(=O)OOC(C)=O.NC1CCC(Cc2ccccc2)CC1.NCc1nc2ccccc2[nH]1.Nc1ccccc1N.O=C1CCC(Cc2ccccc2)CC1.S=C(n1ccnc1)n1ccnc1.[B-]OC(C)=O.[HH].[Na+].c1ccc(CC2CCC(NCc3nc4ccccc4[nH]3)CC2)cc1.c1ccc(CC2CCC(Nc3nc4ccccc4[nH]3)CC2)cc1. The summed E-state index contributed by atoms with van der Waals surface area (Å²) in [6.45, 7) is 4.82. The third-order valence-corrected chi connectivity index (χ3v) is 21.4. The molecule has 5 heterocycles. The standard InChI is InChI=1S/C21H25N3.C20H23N3.C13H19N.C13H16O.C8H9N3.C7H6N4S.C6H8N2.C4H6O4.C2H3BO2.Na.H2/c1-2-6-16(7-3-1)14-17-10-12-18(13-11-17)22-15-21-23-19-8-4-5-9-20(19)24-21;1-2-6-15(7-3-1)14-16-10-12-17(13-11-16)21-20-22-18-8-4-5-9-19(18)23-20;2*14-13-8-6-12(7-9-13)10-11-4-2-1-3-5-11;9-5-8-10-6-3-1-2-4-7(6)11-8;12-7(10-3-1-8-5-10)11-4-2-9-6-11;7-5-3-1-2-4-6(5)8;1-3(5)7-8-4(2)6;1-2(4)5-3;;/h1-9,17-18,22H,10-15H2,(H,23,24);1-9,16-17H,10-14H2,(H2,21,22,23);1-5,12-13H,6-10,14H2;1-5,12H,6-10H2;1-4H,5,9H2,(H,10,11);1-6H;1-4H,7-8H2;1-2H3;1H3;;1H/q;;;;;;;;-1;+1;. The van der Waals surface area contributed by atoms with Crippen LogP contribution >= 0.6 is 12.2 Å². The van der Waals surface area contributed by atoms with Gasteiger partial charge >= 0.3 is 41.5 Å². The first-order valence-corrected chi connectivity index (χ1v) is 41.6. The zero-order chi connectivity index (χ0) is 84.2. The Balaban J connectivity index is 0.000000194. The van der Waals surface area contributed by atoms with Gasteiger partial charge < -0.3 is 61.2 Å². The number of imidazole rings is 5. The van der Waals surface area contributed by atoms with Crippen LogP contribution in [0.3, 0.4) is 0 Å². The molecule has 0 atom stereocenters. The van der Waals surface area contributed by atoms with E-state index in [4.69, 9.17) is 35.2 Å². The number of aromatic amines is 3. The summed E-state index contributed by atoms with van der Waals surface area (Å²) >= 11 is 5.14. The number of hydrogen-bond acceptors (Lipinski definition) is 19. The van der Waals surface area contributed by atoms with Gasteiger partial charge in [0, 0.05) is 78.0 Å². The van der Waals surface area contributed by atoms with Gasteiger partial charge in [-0.25, -0.2) is 44.3 Å². The number of carbonyl (C=O) groups is 4. The van der Waals surface area contributed by atoms with Crippen molar-refractivity contribution in [3.63, 3.8) is 0 Å². The Bertz CT molecular complexity index is 4870. The van der Waals surface area contributed by atoms with Gasteiger partial charge in [0.2, 0.25) is 11.9 Å². The molecule has 0 unspecified atom stereocenters. The van der Waals surface area contributed by atoms with Crippen LogP contribution in [-0.4, -0.2) is 104 Å². The van der Waals surface area contributed by atoms with E-state index in [2.05, 4.69) is 206 Å². The second-order valence-corrected chi connectivity index (χ2v) is 30.7. The van der Waals surface area contributed by atoms with E-state index in [-0.39, 0.29) is 31.0 Å². The maximum Gasteiger partial charge on any atom is 1.00 e. The first-order valence-electron chi connectivity index (χ1n) is 41.2. The third-order valence-electron chi connectivity index (χ3n) is 21.0. The molecule has 120 heavy (non-hydrogen) atoms. The fourth-order valence-electron chi connectivity index (χ4n) is 14.6. The fourth-order valence-corrected chi connectivity index (χ4v) is 14.8. The summed E-state index contributed by atoms with van der Waals surface area (Å²) in [5.41, 5.74) is 35.6. The van der Waals surface area contributed by atoms with Crippen LogP contribution in [0.1, 0.15) is 159 Å². The second kappa shape index (κ2) is 52.9. The van der Waals surface area contributed by atoms with Gasteiger partial charge in [0.15, 0.2) is 5.11 Å². The predicted molar refractivity (Wildman–Crippen MR) is 482 cm³/mol. The zero-order valence-electron chi connectivity index (χ0n) is 69.6. The van der Waals surface area contributed by atoms with Crippen molar-refractivity contribution in [3.8, 4) is 0 Å². The Morgan fingerprint density at radius 1 is 0.467 bits per heavy atom. The molecule has 4 saturated carbocycles. The molecule has 0 amide bonds. The van der Waals surface area contributed by atoms with E-state index in [0.29, 0.717) is 46.9 Å². The summed E-state index contributed by atoms with van der Waals surface area (Å²) in [6, 6.07) is 76.4. The minimum atomic E-state index is -0.639. The van der Waals surface area contributed by atoms with Crippen LogP contribution in [0.4, 0.5) is 17.3 Å². The maximum absolute atomic E-state index is 11.1. The van der Waals surface area contributed by atoms with Crippen molar-refractivity contribution in [2.75, 3.05) is 16.8 Å². The molecule has 0 saturated heterocycles. The first kappa shape index (κ1) is 94.6. The number of thiocarbonyl (C=S) groups is 1. The number of fused-ring (bicyclic) bond motifs is 3. The van der Waals surface area contributed by atoms with Gasteiger partial charge in [-0.2, -0.15) is 0 Å². The number of rotatable bonds is 14. The summed E-state index contributed by atoms with van der Waals surface area (Å²) in [7, 11) is 4.32. The van der Waals surface area contributed by atoms with Crippen molar-refractivity contribution >= 4 is 99.5 Å². The molecule has 0 bridgehead atoms. The van der Waals surface area contributed by atoms with Gasteiger partial charge in [0.25, 0.3) is 0 Å². The molecule has 4 aliphatic rings. The molecular weight excluding hydrogens is 1530 g/mol. The largest absolute Gasteiger partial charge is 1.00 e. The van der Waals surface area contributed by atoms with Gasteiger partial charge in [0.1, 0.15) is 30.1 Å². The average molecular weight is 1650 g/mol. The van der Waals surface area contributed by atoms with Crippen molar-refractivity contribution in [2.45, 2.75) is 180 Å². The molecule has 8 aromatic carbocycles. The first-order chi connectivity index (χ1) is 57.9. The summed E-state index contributed by atoms with van der Waals surface area (Å²) < 4.78 is 7.11. The molecule has 0 aliphatic heterocycles. The molecular formula is C94H117BN16NaO7S. The number of Topliss-reactive ketones (excluding diaryl/α,β-unsaturated/α-hetero) is 1. The molecule has 13 N–H and O–H groups in total. The Kier molecular flexibility index (Phi) is 41.7. The van der Waals surface area contributed by atoms with Crippen LogP contribution in [0.2, 0.25) is 0 Å². The minimum Gasteiger partial charge on any atom is -0.793 e. The van der Waals surface area contributed by atoms with Crippen LogP contribution in [0.15, 0.2) is 256 Å². The summed E-state index contributed by atoms with van der Waals surface area (Å²) in [5, 5.41) is 7.92. The Labute approximate surface area is 735 Å². The number of benzene rings is 8. The molecule has 625 valence electrons. The van der Waals surface area contributed by atoms with Gasteiger partial charge in [-0.15, -0.1) is 0 Å². The van der Waals surface area contributed by atoms with E-state index in [0.717, 1.165) is 127 Å². The molecule has 5 aromatic heterocycles. The Morgan fingerprint density at radius 3 is 1.17 bits per heavy atom. The smallest absolute Gasteiger partial charge is 0.793 e. The van der Waals surface area contributed by atoms with E-state index in [1.807, 2.05) is 72.8 Å². The number of nitrogens with two attached hydrogens (primary N) is 4. The van der Waals surface area contributed by atoms with E-state index < -0.39 is 17.9 Å².